The van der Waals surface area contributed by atoms with E-state index in [1.165, 1.54) is 18.4 Å². The fraction of sp³-hybridized carbons (Fsp3) is 0.438. The summed E-state index contributed by atoms with van der Waals surface area (Å²) in [7, 11) is 0. The van der Waals surface area contributed by atoms with Gasteiger partial charge in [-0.25, -0.2) is 4.98 Å². The summed E-state index contributed by atoms with van der Waals surface area (Å²) in [6.07, 6.45) is 6.22. The highest BCUT2D eigenvalue weighted by Gasteiger charge is 2.20. The van der Waals surface area contributed by atoms with Crippen LogP contribution in [0.3, 0.4) is 0 Å². The van der Waals surface area contributed by atoms with Crippen LogP contribution in [0.15, 0.2) is 30.7 Å². The molecule has 0 amide bonds. The minimum Gasteiger partial charge on any atom is -0.486 e. The second-order valence-electron chi connectivity index (χ2n) is 5.38. The van der Waals surface area contributed by atoms with Crippen LogP contribution in [0.25, 0.3) is 0 Å². The van der Waals surface area contributed by atoms with E-state index in [1.807, 2.05) is 24.7 Å². The Balaban J connectivity index is 1.59. The maximum atomic E-state index is 6.30. The van der Waals surface area contributed by atoms with Crippen molar-refractivity contribution in [2.75, 3.05) is 0 Å². The average Bonchev–Trinajstić information content (AvgIpc) is 3.21. The molecule has 1 N–H and O–H groups in total. The number of aromatic nitrogens is 2. The van der Waals surface area contributed by atoms with E-state index < -0.39 is 0 Å². The molecule has 0 saturated heterocycles. The minimum atomic E-state index is 0.479. The molecule has 1 aliphatic rings. The van der Waals surface area contributed by atoms with E-state index in [9.17, 15) is 0 Å². The number of rotatable bonds is 7. The van der Waals surface area contributed by atoms with Crippen molar-refractivity contribution in [3.05, 3.63) is 47.0 Å². The molecule has 21 heavy (non-hydrogen) atoms. The topological polar surface area (TPSA) is 39.1 Å². The highest BCUT2D eigenvalue weighted by Crippen LogP contribution is 2.27. The number of hydrogen-bond donors (Lipinski definition) is 1. The first kappa shape index (κ1) is 14.4. The zero-order valence-corrected chi connectivity index (χ0v) is 12.9. The molecule has 1 aliphatic carbocycles. The molecular formula is C16H20ClN3O. The Morgan fingerprint density at radius 2 is 2.29 bits per heavy atom. The molecule has 0 unspecified atom stereocenters. The van der Waals surface area contributed by atoms with Gasteiger partial charge in [-0.1, -0.05) is 17.7 Å². The highest BCUT2D eigenvalue weighted by atomic mass is 35.5. The summed E-state index contributed by atoms with van der Waals surface area (Å²) in [5, 5.41) is 4.14. The number of nitrogens with zero attached hydrogens (tertiary/aromatic N) is 2. The molecule has 112 valence electrons. The van der Waals surface area contributed by atoms with E-state index in [2.05, 4.69) is 27.9 Å². The zero-order chi connectivity index (χ0) is 14.7. The third-order valence-electron chi connectivity index (χ3n) is 3.68. The van der Waals surface area contributed by atoms with Gasteiger partial charge in [0.15, 0.2) is 0 Å². The fourth-order valence-corrected chi connectivity index (χ4v) is 2.48. The molecule has 0 atom stereocenters. The lowest BCUT2D eigenvalue weighted by atomic mass is 10.2. The van der Waals surface area contributed by atoms with Crippen molar-refractivity contribution in [1.82, 2.24) is 14.9 Å². The van der Waals surface area contributed by atoms with Crippen LogP contribution in [-0.4, -0.2) is 15.6 Å². The number of ether oxygens (including phenoxy) is 1. The van der Waals surface area contributed by atoms with Crippen molar-refractivity contribution >= 4 is 11.6 Å². The van der Waals surface area contributed by atoms with E-state index in [-0.39, 0.29) is 0 Å². The first-order valence-electron chi connectivity index (χ1n) is 7.40. The quantitative estimate of drug-likeness (QED) is 0.852. The van der Waals surface area contributed by atoms with Gasteiger partial charge in [-0.3, -0.25) is 0 Å². The first-order chi connectivity index (χ1) is 10.3. The van der Waals surface area contributed by atoms with E-state index in [0.29, 0.717) is 17.7 Å². The Bertz CT molecular complexity index is 607. The summed E-state index contributed by atoms with van der Waals surface area (Å²) < 4.78 is 7.86. The van der Waals surface area contributed by atoms with E-state index in [4.69, 9.17) is 16.3 Å². The van der Waals surface area contributed by atoms with Crippen LogP contribution in [0.5, 0.6) is 5.75 Å². The molecule has 0 spiro atoms. The average molecular weight is 306 g/mol. The van der Waals surface area contributed by atoms with Crippen LogP contribution < -0.4 is 10.1 Å². The van der Waals surface area contributed by atoms with Crippen molar-refractivity contribution < 1.29 is 4.74 Å². The normalized spacial score (nSPS) is 14.4. The summed E-state index contributed by atoms with van der Waals surface area (Å²) in [4.78, 5) is 4.13. The third-order valence-corrected chi connectivity index (χ3v) is 3.98. The maximum absolute atomic E-state index is 6.30. The maximum Gasteiger partial charge on any atom is 0.138 e. The van der Waals surface area contributed by atoms with Gasteiger partial charge in [0.25, 0.3) is 0 Å². The molecular weight excluding hydrogens is 286 g/mol. The monoisotopic (exact) mass is 305 g/mol. The molecule has 0 radical (unpaired) electrons. The molecule has 3 rings (SSSR count). The van der Waals surface area contributed by atoms with Crippen LogP contribution in [0.4, 0.5) is 0 Å². The first-order valence-corrected chi connectivity index (χ1v) is 7.77. The number of benzene rings is 1. The molecule has 1 saturated carbocycles. The second kappa shape index (κ2) is 6.50. The Kier molecular flexibility index (Phi) is 4.46. The summed E-state index contributed by atoms with van der Waals surface area (Å²) >= 11 is 6.30. The molecule has 0 bridgehead atoms. The Morgan fingerprint density at radius 3 is 3.00 bits per heavy atom. The van der Waals surface area contributed by atoms with E-state index in [1.54, 1.807) is 0 Å². The van der Waals surface area contributed by atoms with Crippen LogP contribution in [0.2, 0.25) is 5.02 Å². The smallest absolute Gasteiger partial charge is 0.138 e. The van der Waals surface area contributed by atoms with Gasteiger partial charge in [-0.2, -0.15) is 0 Å². The van der Waals surface area contributed by atoms with Gasteiger partial charge in [-0.05, 0) is 37.5 Å². The second-order valence-corrected chi connectivity index (χ2v) is 5.79. The van der Waals surface area contributed by atoms with Crippen molar-refractivity contribution in [2.45, 2.75) is 45.5 Å². The molecule has 1 aromatic heterocycles. The molecule has 4 nitrogen and oxygen atoms in total. The van der Waals surface area contributed by atoms with Crippen LogP contribution in [-0.2, 0) is 19.7 Å². The summed E-state index contributed by atoms with van der Waals surface area (Å²) in [5.41, 5.74) is 2.24. The third kappa shape index (κ3) is 3.77. The predicted octanol–water partition coefficient (Wildman–Crippen LogP) is 3.39. The lowest BCUT2D eigenvalue weighted by molar-refractivity contribution is 0.295. The molecule has 2 aromatic rings. The number of hydrogen-bond acceptors (Lipinski definition) is 3. The number of imidazole rings is 1. The Morgan fingerprint density at radius 1 is 1.43 bits per heavy atom. The van der Waals surface area contributed by atoms with Gasteiger partial charge >= 0.3 is 0 Å². The molecule has 1 heterocycles. The Labute approximate surface area is 130 Å². The lowest BCUT2D eigenvalue weighted by Crippen LogP contribution is -2.15. The number of nitrogens with one attached hydrogen (secondary N) is 1. The number of halogens is 1. The highest BCUT2D eigenvalue weighted by molar-refractivity contribution is 6.32. The molecule has 5 heteroatoms. The van der Waals surface area contributed by atoms with Gasteiger partial charge in [0, 0.05) is 19.1 Å². The largest absolute Gasteiger partial charge is 0.486 e. The van der Waals surface area contributed by atoms with Crippen LogP contribution >= 0.6 is 11.6 Å². The van der Waals surface area contributed by atoms with Crippen molar-refractivity contribution in [1.29, 1.82) is 0 Å². The zero-order valence-electron chi connectivity index (χ0n) is 12.2. The van der Waals surface area contributed by atoms with Crippen LogP contribution in [0, 0.1) is 0 Å². The SMILES string of the molecule is CCn1cncc1COc1ccc(CNC2CC2)cc1Cl. The predicted molar refractivity (Wildman–Crippen MR) is 83.5 cm³/mol. The van der Waals surface area contributed by atoms with E-state index >= 15 is 0 Å². The van der Waals surface area contributed by atoms with E-state index in [0.717, 1.165) is 24.5 Å². The van der Waals surface area contributed by atoms with Gasteiger partial charge in [-0.15, -0.1) is 0 Å². The summed E-state index contributed by atoms with van der Waals surface area (Å²) in [5.74, 6) is 0.718. The Hall–Kier alpha value is -1.52. The van der Waals surface area contributed by atoms with Gasteiger partial charge in [0.1, 0.15) is 12.4 Å². The van der Waals surface area contributed by atoms with Gasteiger partial charge < -0.3 is 14.6 Å². The molecule has 1 fully saturated rings. The lowest BCUT2D eigenvalue weighted by Gasteiger charge is -2.11. The summed E-state index contributed by atoms with van der Waals surface area (Å²) in [6.45, 7) is 4.32. The molecule has 0 aliphatic heterocycles. The molecule has 1 aromatic carbocycles. The fourth-order valence-electron chi connectivity index (χ4n) is 2.23. The number of aryl methyl sites for hydroxylation is 1. The van der Waals surface area contributed by atoms with Crippen molar-refractivity contribution in [3.8, 4) is 5.75 Å². The van der Waals surface area contributed by atoms with Gasteiger partial charge in [0.2, 0.25) is 0 Å². The van der Waals surface area contributed by atoms with Gasteiger partial charge in [0.05, 0.1) is 23.2 Å². The van der Waals surface area contributed by atoms with Crippen molar-refractivity contribution in [3.63, 3.8) is 0 Å². The standard InChI is InChI=1S/C16H20ClN3O/c1-2-20-11-18-9-14(20)10-21-16-6-3-12(7-15(16)17)8-19-13-4-5-13/h3,6-7,9,11,13,19H,2,4-5,8,10H2,1H3. The van der Waals surface area contributed by atoms with Crippen LogP contribution in [0.1, 0.15) is 31.0 Å². The minimum absolute atomic E-state index is 0.479. The summed E-state index contributed by atoms with van der Waals surface area (Å²) in [6, 6.07) is 6.68. The van der Waals surface area contributed by atoms with Crippen molar-refractivity contribution in [2.24, 2.45) is 0 Å².